The summed E-state index contributed by atoms with van der Waals surface area (Å²) in [7, 11) is -4.29. The largest absolute Gasteiger partial charge is 0.416 e. The van der Waals surface area contributed by atoms with Gasteiger partial charge in [-0.1, -0.05) is 18.2 Å². The molecule has 1 heterocycles. The standard InChI is InChI=1S/C15H12F3N2O4S/c16-15(17,18)12-5-2-1-4-11(12)10-25(23,24)19-13-6-3-7-20(8-9-21)14(13)22/h1-7,19H,8,10H2. The smallest absolute Gasteiger partial charge is 0.306 e. The van der Waals surface area contributed by atoms with Crippen molar-refractivity contribution in [3.05, 3.63) is 64.1 Å². The summed E-state index contributed by atoms with van der Waals surface area (Å²) in [5.74, 6) is -0.961. The number of pyridine rings is 1. The number of carbonyl (C=O) groups excluding carboxylic acids is 1. The van der Waals surface area contributed by atoms with Crippen LogP contribution in [0.2, 0.25) is 0 Å². The van der Waals surface area contributed by atoms with Crippen LogP contribution in [0.25, 0.3) is 0 Å². The molecular weight excluding hydrogens is 361 g/mol. The van der Waals surface area contributed by atoms with Crippen LogP contribution in [0.1, 0.15) is 11.1 Å². The van der Waals surface area contributed by atoms with Crippen molar-refractivity contribution in [3.63, 3.8) is 0 Å². The zero-order valence-electron chi connectivity index (χ0n) is 12.6. The topological polar surface area (TPSA) is 85.2 Å². The highest BCUT2D eigenvalue weighted by Gasteiger charge is 2.34. The number of alkyl halides is 3. The van der Waals surface area contributed by atoms with Gasteiger partial charge in [-0.15, -0.1) is 0 Å². The molecule has 25 heavy (non-hydrogen) atoms. The lowest BCUT2D eigenvalue weighted by Gasteiger charge is -2.14. The van der Waals surface area contributed by atoms with Crippen molar-refractivity contribution >= 4 is 22.0 Å². The molecule has 0 atom stereocenters. The minimum atomic E-state index is -4.70. The van der Waals surface area contributed by atoms with Crippen LogP contribution >= 0.6 is 0 Å². The summed E-state index contributed by atoms with van der Waals surface area (Å²) in [4.78, 5) is 22.4. The number of rotatable bonds is 6. The second-order valence-electron chi connectivity index (χ2n) is 5.02. The first-order chi connectivity index (χ1) is 11.6. The van der Waals surface area contributed by atoms with Crippen LogP contribution in [0.3, 0.4) is 0 Å². The van der Waals surface area contributed by atoms with Crippen molar-refractivity contribution in [2.75, 3.05) is 4.72 Å². The Morgan fingerprint density at radius 1 is 1.12 bits per heavy atom. The third-order valence-corrected chi connectivity index (χ3v) is 4.41. The van der Waals surface area contributed by atoms with Crippen molar-refractivity contribution in [1.29, 1.82) is 0 Å². The van der Waals surface area contributed by atoms with Crippen LogP contribution < -0.4 is 10.3 Å². The Balaban J connectivity index is 2.32. The number of anilines is 1. The van der Waals surface area contributed by atoms with Crippen molar-refractivity contribution in [2.45, 2.75) is 18.5 Å². The van der Waals surface area contributed by atoms with Gasteiger partial charge >= 0.3 is 6.18 Å². The number of halogens is 3. The molecule has 0 saturated heterocycles. The van der Waals surface area contributed by atoms with Crippen molar-refractivity contribution < 1.29 is 26.4 Å². The van der Waals surface area contributed by atoms with Crippen LogP contribution in [0.15, 0.2) is 47.4 Å². The predicted molar refractivity (Wildman–Crippen MR) is 84.1 cm³/mol. The van der Waals surface area contributed by atoms with Gasteiger partial charge in [-0.3, -0.25) is 14.3 Å². The summed E-state index contributed by atoms with van der Waals surface area (Å²) in [5.41, 5.74) is -2.69. The van der Waals surface area contributed by atoms with Gasteiger partial charge < -0.3 is 4.57 Å². The van der Waals surface area contributed by atoms with Crippen LogP contribution in [0, 0.1) is 0 Å². The third-order valence-electron chi connectivity index (χ3n) is 3.19. The fraction of sp³-hybridized carbons (Fsp3) is 0.200. The second kappa shape index (κ2) is 7.09. The zero-order chi connectivity index (χ0) is 18.7. The lowest BCUT2D eigenvalue weighted by Crippen LogP contribution is -2.27. The molecule has 1 N–H and O–H groups in total. The van der Waals surface area contributed by atoms with Crippen molar-refractivity contribution in [2.24, 2.45) is 0 Å². The van der Waals surface area contributed by atoms with Gasteiger partial charge in [0.2, 0.25) is 16.3 Å². The van der Waals surface area contributed by atoms with Gasteiger partial charge in [-0.05, 0) is 23.8 Å². The maximum absolute atomic E-state index is 12.9. The molecule has 2 aromatic rings. The van der Waals surface area contributed by atoms with Gasteiger partial charge in [-0.25, -0.2) is 8.42 Å². The number of benzene rings is 1. The van der Waals surface area contributed by atoms with Crippen LogP contribution in [0.4, 0.5) is 18.9 Å². The van der Waals surface area contributed by atoms with E-state index < -0.39 is 45.2 Å². The lowest BCUT2D eigenvalue weighted by atomic mass is 10.1. The highest BCUT2D eigenvalue weighted by molar-refractivity contribution is 7.91. The Bertz CT molecular complexity index is 936. The molecule has 0 aliphatic heterocycles. The van der Waals surface area contributed by atoms with Gasteiger partial charge in [0.15, 0.2) is 0 Å². The van der Waals surface area contributed by atoms with E-state index in [0.717, 1.165) is 28.8 Å². The van der Waals surface area contributed by atoms with E-state index in [0.29, 0.717) is 0 Å². The molecule has 1 radical (unpaired) electrons. The minimum Gasteiger partial charge on any atom is -0.306 e. The quantitative estimate of drug-likeness (QED) is 0.838. The number of hydrogen-bond donors (Lipinski definition) is 1. The predicted octanol–water partition coefficient (Wildman–Crippen LogP) is 1.92. The first-order valence-electron chi connectivity index (χ1n) is 6.84. The van der Waals surface area contributed by atoms with E-state index in [-0.39, 0.29) is 5.69 Å². The van der Waals surface area contributed by atoms with E-state index in [9.17, 15) is 31.2 Å². The van der Waals surface area contributed by atoms with E-state index >= 15 is 0 Å². The van der Waals surface area contributed by atoms with Crippen LogP contribution in [-0.2, 0) is 33.3 Å². The van der Waals surface area contributed by atoms with E-state index in [1.54, 1.807) is 0 Å². The maximum Gasteiger partial charge on any atom is 0.416 e. The average molecular weight is 373 g/mol. The molecule has 133 valence electrons. The molecule has 0 bridgehead atoms. The fourth-order valence-corrected chi connectivity index (χ4v) is 3.36. The monoisotopic (exact) mass is 373 g/mol. The summed E-state index contributed by atoms with van der Waals surface area (Å²) in [6, 6.07) is 6.73. The molecule has 6 nitrogen and oxygen atoms in total. The summed E-state index contributed by atoms with van der Waals surface area (Å²) < 4.78 is 66.0. The van der Waals surface area contributed by atoms with Crippen molar-refractivity contribution in [3.8, 4) is 0 Å². The first-order valence-corrected chi connectivity index (χ1v) is 8.49. The Morgan fingerprint density at radius 2 is 1.80 bits per heavy atom. The number of nitrogens with one attached hydrogen (secondary N) is 1. The molecule has 1 aromatic carbocycles. The molecular formula is C15H12F3N2O4S. The van der Waals surface area contributed by atoms with Crippen LogP contribution in [0.5, 0.6) is 0 Å². The fourth-order valence-electron chi connectivity index (χ4n) is 2.14. The Morgan fingerprint density at radius 3 is 2.44 bits per heavy atom. The summed E-state index contributed by atoms with van der Waals surface area (Å²) in [6.45, 7) is -0.398. The average Bonchev–Trinajstić information content (AvgIpc) is 2.50. The number of sulfonamides is 1. The normalized spacial score (nSPS) is 12.0. The Hall–Kier alpha value is -2.62. The maximum atomic E-state index is 12.9. The molecule has 1 aromatic heterocycles. The van der Waals surface area contributed by atoms with E-state index in [1.807, 2.05) is 4.72 Å². The molecule has 0 aliphatic rings. The third kappa shape index (κ3) is 4.69. The van der Waals surface area contributed by atoms with E-state index in [1.165, 1.54) is 24.6 Å². The van der Waals surface area contributed by atoms with Gasteiger partial charge in [0, 0.05) is 6.20 Å². The zero-order valence-corrected chi connectivity index (χ0v) is 13.4. The molecule has 2 rings (SSSR count). The van der Waals surface area contributed by atoms with Gasteiger partial charge in [0.25, 0.3) is 5.56 Å². The van der Waals surface area contributed by atoms with Gasteiger partial charge in [-0.2, -0.15) is 13.2 Å². The molecule has 0 unspecified atom stereocenters. The molecule has 0 aliphatic carbocycles. The molecule has 0 amide bonds. The highest BCUT2D eigenvalue weighted by atomic mass is 32.2. The van der Waals surface area contributed by atoms with Gasteiger partial charge in [0.1, 0.15) is 5.69 Å². The minimum absolute atomic E-state index is 0.373. The molecule has 0 saturated carbocycles. The molecule has 10 heteroatoms. The molecule has 0 spiro atoms. The number of aromatic nitrogens is 1. The second-order valence-corrected chi connectivity index (χ2v) is 6.74. The van der Waals surface area contributed by atoms with Gasteiger partial charge in [0.05, 0.1) is 17.9 Å². The summed E-state index contributed by atoms with van der Waals surface area (Å²) in [5, 5.41) is 0. The Kier molecular flexibility index (Phi) is 5.31. The highest BCUT2D eigenvalue weighted by Crippen LogP contribution is 2.32. The Labute approximate surface area is 141 Å². The van der Waals surface area contributed by atoms with E-state index in [2.05, 4.69) is 0 Å². The first kappa shape index (κ1) is 18.7. The molecule has 0 fully saturated rings. The number of hydrogen-bond acceptors (Lipinski definition) is 4. The number of nitrogens with zero attached hydrogens (tertiary/aromatic N) is 1. The summed E-state index contributed by atoms with van der Waals surface area (Å²) >= 11 is 0. The van der Waals surface area contributed by atoms with Crippen molar-refractivity contribution in [1.82, 2.24) is 4.57 Å². The van der Waals surface area contributed by atoms with Crippen LogP contribution in [-0.4, -0.2) is 19.3 Å². The van der Waals surface area contributed by atoms with E-state index in [4.69, 9.17) is 0 Å². The summed E-state index contributed by atoms with van der Waals surface area (Å²) in [6.07, 6.45) is -1.96. The SMILES string of the molecule is O=[C]Cn1cccc(NS(=O)(=O)Cc2ccccc2C(F)(F)F)c1=O. The lowest BCUT2D eigenvalue weighted by molar-refractivity contribution is -0.138.